The largest absolute Gasteiger partial charge is 0.369 e. The SMILES string of the molecule is CCCc1nn(C)c2c1nc(N)n2C(C)C(=O)NC(C)C. The van der Waals surface area contributed by atoms with Gasteiger partial charge < -0.3 is 11.1 Å². The molecule has 2 aromatic rings. The van der Waals surface area contributed by atoms with Gasteiger partial charge in [0.2, 0.25) is 11.9 Å². The number of aromatic nitrogens is 4. The Hall–Kier alpha value is -2.05. The van der Waals surface area contributed by atoms with Gasteiger partial charge in [0.05, 0.1) is 5.69 Å². The van der Waals surface area contributed by atoms with Crippen LogP contribution in [0, 0.1) is 0 Å². The number of amides is 1. The molecule has 0 aliphatic carbocycles. The number of imidazole rings is 1. The Morgan fingerprint density at radius 3 is 2.62 bits per heavy atom. The van der Waals surface area contributed by atoms with E-state index in [2.05, 4.69) is 22.3 Å². The fourth-order valence-corrected chi connectivity index (χ4v) is 2.53. The third kappa shape index (κ3) is 2.72. The summed E-state index contributed by atoms with van der Waals surface area (Å²) in [6.45, 7) is 7.78. The highest BCUT2D eigenvalue weighted by Crippen LogP contribution is 2.25. The number of hydrogen-bond donors (Lipinski definition) is 2. The first-order valence-corrected chi connectivity index (χ1v) is 7.36. The summed E-state index contributed by atoms with van der Waals surface area (Å²) in [7, 11) is 1.85. The summed E-state index contributed by atoms with van der Waals surface area (Å²) in [6.07, 6.45) is 1.84. The maximum Gasteiger partial charge on any atom is 0.243 e. The van der Waals surface area contributed by atoms with Gasteiger partial charge in [-0.15, -0.1) is 0 Å². The van der Waals surface area contributed by atoms with Crippen LogP contribution in [0.2, 0.25) is 0 Å². The fraction of sp³-hybridized carbons (Fsp3) is 0.643. The van der Waals surface area contributed by atoms with Gasteiger partial charge in [0.1, 0.15) is 11.6 Å². The maximum atomic E-state index is 12.2. The van der Waals surface area contributed by atoms with Crippen LogP contribution in [-0.4, -0.2) is 31.3 Å². The fourth-order valence-electron chi connectivity index (χ4n) is 2.53. The van der Waals surface area contributed by atoms with E-state index in [1.54, 1.807) is 9.25 Å². The molecule has 0 saturated heterocycles. The Balaban J connectivity index is 2.48. The van der Waals surface area contributed by atoms with E-state index in [0.29, 0.717) is 5.95 Å². The summed E-state index contributed by atoms with van der Waals surface area (Å²) in [4.78, 5) is 16.7. The number of nitrogens with two attached hydrogens (primary N) is 1. The molecule has 0 bridgehead atoms. The number of aryl methyl sites for hydroxylation is 2. The predicted molar refractivity (Wildman–Crippen MR) is 82.9 cm³/mol. The van der Waals surface area contributed by atoms with Crippen molar-refractivity contribution in [1.29, 1.82) is 0 Å². The van der Waals surface area contributed by atoms with Crippen molar-refractivity contribution >= 4 is 23.0 Å². The van der Waals surface area contributed by atoms with Crippen molar-refractivity contribution in [2.45, 2.75) is 52.6 Å². The Kier molecular flexibility index (Phi) is 4.20. The average molecular weight is 292 g/mol. The summed E-state index contributed by atoms with van der Waals surface area (Å²) in [6, 6.07) is -0.343. The molecule has 0 aliphatic rings. The first kappa shape index (κ1) is 15.3. The van der Waals surface area contributed by atoms with Crippen LogP contribution in [0.4, 0.5) is 5.95 Å². The van der Waals surface area contributed by atoms with Crippen molar-refractivity contribution in [3.8, 4) is 0 Å². The zero-order chi connectivity index (χ0) is 15.7. The highest BCUT2D eigenvalue weighted by molar-refractivity contribution is 5.85. The van der Waals surface area contributed by atoms with Gasteiger partial charge in [-0.3, -0.25) is 14.0 Å². The van der Waals surface area contributed by atoms with Crippen LogP contribution in [0.1, 0.15) is 45.9 Å². The van der Waals surface area contributed by atoms with Gasteiger partial charge in [0.15, 0.2) is 5.65 Å². The van der Waals surface area contributed by atoms with Crippen molar-refractivity contribution in [1.82, 2.24) is 24.6 Å². The highest BCUT2D eigenvalue weighted by atomic mass is 16.2. The zero-order valence-electron chi connectivity index (χ0n) is 13.3. The number of nitrogens with zero attached hydrogens (tertiary/aromatic N) is 4. The van der Waals surface area contributed by atoms with E-state index in [0.717, 1.165) is 29.7 Å². The second-order valence-electron chi connectivity index (χ2n) is 5.67. The van der Waals surface area contributed by atoms with Crippen LogP contribution in [0.3, 0.4) is 0 Å². The Labute approximate surface area is 124 Å². The number of hydrogen-bond acceptors (Lipinski definition) is 4. The minimum atomic E-state index is -0.428. The molecule has 1 unspecified atom stereocenters. The van der Waals surface area contributed by atoms with Crippen LogP contribution >= 0.6 is 0 Å². The Morgan fingerprint density at radius 2 is 2.05 bits per heavy atom. The molecular formula is C14H24N6O. The normalized spacial score (nSPS) is 13.0. The van der Waals surface area contributed by atoms with Crippen LogP contribution in [0.15, 0.2) is 0 Å². The van der Waals surface area contributed by atoms with Crippen LogP contribution in [0.25, 0.3) is 11.2 Å². The number of carbonyl (C=O) groups excluding carboxylic acids is 1. The smallest absolute Gasteiger partial charge is 0.243 e. The summed E-state index contributed by atoms with van der Waals surface area (Å²) in [5.74, 6) is 0.274. The first-order chi connectivity index (χ1) is 9.86. The lowest BCUT2D eigenvalue weighted by Crippen LogP contribution is -2.36. The quantitative estimate of drug-likeness (QED) is 0.871. The number of nitrogens with one attached hydrogen (secondary N) is 1. The molecule has 2 rings (SSSR count). The number of nitrogen functional groups attached to an aromatic ring is 1. The molecule has 0 spiro atoms. The number of fused-ring (bicyclic) bond motifs is 1. The number of rotatable bonds is 5. The molecule has 1 atom stereocenters. The van der Waals surface area contributed by atoms with Crippen LogP contribution < -0.4 is 11.1 Å². The average Bonchev–Trinajstić information content (AvgIpc) is 2.86. The van der Waals surface area contributed by atoms with Crippen molar-refractivity contribution in [2.75, 3.05) is 5.73 Å². The minimum absolute atomic E-state index is 0.0748. The molecule has 116 valence electrons. The van der Waals surface area contributed by atoms with Gasteiger partial charge in [0, 0.05) is 13.1 Å². The summed E-state index contributed by atoms with van der Waals surface area (Å²) in [5.41, 5.74) is 8.55. The second kappa shape index (κ2) is 5.75. The lowest BCUT2D eigenvalue weighted by atomic mass is 10.2. The molecule has 21 heavy (non-hydrogen) atoms. The standard InChI is InChI=1S/C14H24N6O/c1-6-7-10-11-13(19(5)18-10)20(14(15)17-11)9(4)12(21)16-8(2)3/h8-9H,6-7H2,1-5H3,(H2,15,17)(H,16,21). The molecule has 2 heterocycles. The lowest BCUT2D eigenvalue weighted by molar-refractivity contribution is -0.124. The monoisotopic (exact) mass is 292 g/mol. The molecule has 1 amide bonds. The van der Waals surface area contributed by atoms with Crippen molar-refractivity contribution in [2.24, 2.45) is 7.05 Å². The van der Waals surface area contributed by atoms with Gasteiger partial charge in [0.25, 0.3) is 0 Å². The van der Waals surface area contributed by atoms with E-state index in [1.165, 1.54) is 0 Å². The van der Waals surface area contributed by atoms with Crippen LogP contribution in [0.5, 0.6) is 0 Å². The van der Waals surface area contributed by atoms with Crippen molar-refractivity contribution in [3.05, 3.63) is 5.69 Å². The molecule has 7 nitrogen and oxygen atoms in total. The van der Waals surface area contributed by atoms with Gasteiger partial charge in [-0.25, -0.2) is 4.98 Å². The molecule has 0 radical (unpaired) electrons. The van der Waals surface area contributed by atoms with E-state index in [4.69, 9.17) is 5.73 Å². The second-order valence-corrected chi connectivity index (χ2v) is 5.67. The summed E-state index contributed by atoms with van der Waals surface area (Å²) in [5, 5.41) is 7.39. The Bertz CT molecular complexity index is 654. The van der Waals surface area contributed by atoms with E-state index in [1.807, 2.05) is 27.8 Å². The molecular weight excluding hydrogens is 268 g/mol. The third-order valence-corrected chi connectivity index (χ3v) is 3.45. The summed E-state index contributed by atoms with van der Waals surface area (Å²) < 4.78 is 3.50. The third-order valence-electron chi connectivity index (χ3n) is 3.45. The predicted octanol–water partition coefficient (Wildman–Crippen LogP) is 1.39. The van der Waals surface area contributed by atoms with Gasteiger partial charge in [-0.05, 0) is 27.2 Å². The first-order valence-electron chi connectivity index (χ1n) is 7.36. The molecule has 2 aromatic heterocycles. The number of anilines is 1. The van der Waals surface area contributed by atoms with Crippen LogP contribution in [-0.2, 0) is 18.3 Å². The Morgan fingerprint density at radius 1 is 1.38 bits per heavy atom. The number of carbonyl (C=O) groups is 1. The molecule has 0 aromatic carbocycles. The topological polar surface area (TPSA) is 90.8 Å². The highest BCUT2D eigenvalue weighted by Gasteiger charge is 2.24. The van der Waals surface area contributed by atoms with E-state index in [-0.39, 0.29) is 11.9 Å². The minimum Gasteiger partial charge on any atom is -0.369 e. The molecule has 0 fully saturated rings. The lowest BCUT2D eigenvalue weighted by Gasteiger charge is -2.17. The van der Waals surface area contributed by atoms with Crippen molar-refractivity contribution in [3.63, 3.8) is 0 Å². The van der Waals surface area contributed by atoms with E-state index < -0.39 is 6.04 Å². The maximum absolute atomic E-state index is 12.2. The molecule has 3 N–H and O–H groups in total. The van der Waals surface area contributed by atoms with Crippen molar-refractivity contribution < 1.29 is 4.79 Å². The van der Waals surface area contributed by atoms with Gasteiger partial charge >= 0.3 is 0 Å². The van der Waals surface area contributed by atoms with Gasteiger partial charge in [-0.1, -0.05) is 13.3 Å². The molecule has 0 aliphatic heterocycles. The molecule has 7 heteroatoms. The molecule has 0 saturated carbocycles. The summed E-state index contributed by atoms with van der Waals surface area (Å²) >= 11 is 0. The van der Waals surface area contributed by atoms with Gasteiger partial charge in [-0.2, -0.15) is 5.10 Å². The van der Waals surface area contributed by atoms with E-state index in [9.17, 15) is 4.79 Å². The van der Waals surface area contributed by atoms with E-state index >= 15 is 0 Å². The zero-order valence-corrected chi connectivity index (χ0v) is 13.3.